The fourth-order valence-corrected chi connectivity index (χ4v) is 5.48. The minimum absolute atomic E-state index is 0.0106. The molecule has 10 heteroatoms. The number of nitrogens with zero attached hydrogens (tertiary/aromatic N) is 3. The number of ether oxygens (including phenoxy) is 1. The van der Waals surface area contributed by atoms with E-state index >= 15 is 0 Å². The van der Waals surface area contributed by atoms with Crippen molar-refractivity contribution >= 4 is 43.5 Å². The molecule has 1 saturated heterocycles. The second-order valence-corrected chi connectivity index (χ2v) is 11.1. The Morgan fingerprint density at radius 1 is 1.29 bits per heavy atom. The number of ketones is 1. The highest BCUT2D eigenvalue weighted by Gasteiger charge is 2.40. The summed E-state index contributed by atoms with van der Waals surface area (Å²) >= 11 is 3.28. The number of sulfonamides is 1. The molecule has 0 amide bonds. The number of hydrogen-bond donors (Lipinski definition) is 1. The monoisotopic (exact) mass is 565 g/mol. The highest BCUT2D eigenvalue weighted by Crippen LogP contribution is 2.38. The van der Waals surface area contributed by atoms with Crippen molar-refractivity contribution in [3.05, 3.63) is 59.2 Å². The number of hydrogen-bond acceptors (Lipinski definition) is 6. The van der Waals surface area contributed by atoms with Gasteiger partial charge in [0, 0.05) is 38.8 Å². The van der Waals surface area contributed by atoms with Gasteiger partial charge in [-0.2, -0.15) is 4.02 Å². The Balaban J connectivity index is 1.94. The summed E-state index contributed by atoms with van der Waals surface area (Å²) in [6.45, 7) is 3.15. The van der Waals surface area contributed by atoms with E-state index in [0.29, 0.717) is 30.7 Å². The van der Waals surface area contributed by atoms with Crippen molar-refractivity contribution in [2.75, 3.05) is 44.4 Å². The molecule has 8 nitrogen and oxygen atoms in total. The van der Waals surface area contributed by atoms with Gasteiger partial charge < -0.3 is 14.7 Å². The lowest BCUT2D eigenvalue weighted by Gasteiger charge is -2.22. The number of methoxy groups -OCH3 is 1. The van der Waals surface area contributed by atoms with Crippen LogP contribution in [0.15, 0.2) is 46.5 Å². The number of aromatic hydroxyl groups is 1. The van der Waals surface area contributed by atoms with Crippen molar-refractivity contribution in [3.8, 4) is 5.75 Å². The van der Waals surface area contributed by atoms with Crippen LogP contribution in [-0.2, 0) is 21.2 Å². The smallest absolute Gasteiger partial charge is 0.232 e. The Labute approximate surface area is 216 Å². The summed E-state index contributed by atoms with van der Waals surface area (Å²) in [6.07, 6.45) is 2.32. The van der Waals surface area contributed by atoms with Gasteiger partial charge in [-0.3, -0.25) is 9.10 Å². The summed E-state index contributed by atoms with van der Waals surface area (Å²) in [5.74, 6) is 0.671. The average molecular weight is 567 g/mol. The Hall–Kier alpha value is -2.43. The topological polar surface area (TPSA) is 99.5 Å². The van der Waals surface area contributed by atoms with Crippen LogP contribution in [-0.4, -0.2) is 70.2 Å². The minimum Gasteiger partial charge on any atom is -0.505 e. The molecular weight excluding hydrogens is 534 g/mol. The van der Waals surface area contributed by atoms with Crippen LogP contribution >= 0.6 is 16.1 Å². The van der Waals surface area contributed by atoms with Gasteiger partial charge in [-0.25, -0.2) is 8.42 Å². The van der Waals surface area contributed by atoms with E-state index in [9.17, 15) is 18.3 Å². The second-order valence-electron chi connectivity index (χ2n) is 8.76. The summed E-state index contributed by atoms with van der Waals surface area (Å²) in [5.41, 5.74) is 2.07. The van der Waals surface area contributed by atoms with Crippen LogP contribution < -0.4 is 4.31 Å². The molecule has 35 heavy (non-hydrogen) atoms. The van der Waals surface area contributed by atoms with Crippen molar-refractivity contribution in [2.45, 2.75) is 25.7 Å². The summed E-state index contributed by atoms with van der Waals surface area (Å²) in [4.78, 5) is 15.4. The van der Waals surface area contributed by atoms with Gasteiger partial charge in [0.1, 0.15) is 11.6 Å². The highest BCUT2D eigenvalue weighted by molar-refractivity contribution is 9.08. The van der Waals surface area contributed by atoms with Crippen molar-refractivity contribution in [1.29, 1.82) is 0 Å². The predicted octanol–water partition coefficient (Wildman–Crippen LogP) is 3.99. The van der Waals surface area contributed by atoms with Crippen LogP contribution in [0.4, 0.5) is 5.69 Å². The molecule has 3 rings (SSSR count). The van der Waals surface area contributed by atoms with E-state index in [4.69, 9.17) is 4.74 Å². The van der Waals surface area contributed by atoms with Crippen molar-refractivity contribution in [1.82, 2.24) is 4.90 Å². The van der Waals surface area contributed by atoms with Gasteiger partial charge in [-0.15, -0.1) is 0 Å². The van der Waals surface area contributed by atoms with E-state index in [1.165, 1.54) is 13.1 Å². The Bertz CT molecular complexity index is 1190. The molecule has 0 bridgehead atoms. The number of halogens is 1. The molecule has 190 valence electrons. The number of aryl methyl sites for hydroxylation is 1. The number of anilines is 1. The van der Waals surface area contributed by atoms with Crippen LogP contribution in [0, 0.1) is 5.92 Å². The molecule has 1 N–H and O–H groups in total. The van der Waals surface area contributed by atoms with E-state index in [1.807, 2.05) is 30.0 Å². The largest absolute Gasteiger partial charge is 0.505 e. The first-order valence-corrected chi connectivity index (χ1v) is 14.0. The normalized spacial score (nSPS) is 19.3. The van der Waals surface area contributed by atoms with Crippen LogP contribution in [0.25, 0.3) is 0 Å². The van der Waals surface area contributed by atoms with Gasteiger partial charge in [-0.1, -0.05) is 37.3 Å². The number of likely N-dealkylation sites (tertiary alicyclic amines) is 1. The molecule has 0 radical (unpaired) electrons. The van der Waals surface area contributed by atoms with Crippen LogP contribution in [0.5, 0.6) is 5.75 Å². The second kappa shape index (κ2) is 11.5. The number of carbonyl (C=O) groups is 1. The van der Waals surface area contributed by atoms with Crippen LogP contribution in [0.3, 0.4) is 0 Å². The van der Waals surface area contributed by atoms with Gasteiger partial charge >= 0.3 is 0 Å². The molecule has 1 aliphatic heterocycles. The number of Topliss-reactive ketones (excluding diaryl/α,β-unsaturated/α-hetero) is 1. The van der Waals surface area contributed by atoms with Gasteiger partial charge in [0.2, 0.25) is 10.0 Å². The summed E-state index contributed by atoms with van der Waals surface area (Å²) < 4.78 is 34.9. The first kappa shape index (κ1) is 27.2. The third-order valence-corrected chi connectivity index (χ3v) is 8.06. The number of benzene rings is 2. The zero-order valence-corrected chi connectivity index (χ0v) is 22.8. The molecule has 0 aliphatic carbocycles. The molecule has 2 aromatic carbocycles. The van der Waals surface area contributed by atoms with Gasteiger partial charge in [0.15, 0.2) is 5.78 Å². The highest BCUT2D eigenvalue weighted by atomic mass is 79.9. The Morgan fingerprint density at radius 3 is 2.54 bits per heavy atom. The quantitative estimate of drug-likeness (QED) is 0.437. The molecule has 1 heterocycles. The van der Waals surface area contributed by atoms with E-state index in [1.54, 1.807) is 13.2 Å². The zero-order chi connectivity index (χ0) is 25.8. The number of carbonyl (C=O) groups excluding carboxylic acids is 1. The summed E-state index contributed by atoms with van der Waals surface area (Å²) in [5, 5.41) is 10.6. The lowest BCUT2D eigenvalue weighted by Crippen LogP contribution is -2.32. The molecular formula is C25H32BrN3O5S. The number of phenolic OH excluding ortho intramolecular Hbond substituents is 1. The lowest BCUT2D eigenvalue weighted by atomic mass is 9.86. The Kier molecular flexibility index (Phi) is 8.95. The van der Waals surface area contributed by atoms with E-state index in [0.717, 1.165) is 28.4 Å². The van der Waals surface area contributed by atoms with Crippen LogP contribution in [0.1, 0.15) is 40.7 Å². The predicted molar refractivity (Wildman–Crippen MR) is 142 cm³/mol. The zero-order valence-electron chi connectivity index (χ0n) is 20.4. The molecule has 0 unspecified atom stereocenters. The standard InChI is InChI=1S/C25H32BrN3O5S/c1-5-17-13-20(14-21(24(17)31)28(2)35(4,32)33)22(30)16-29-15-19(11-12-34-3)23(25(29)27-26)18-9-7-6-8-10-18/h6-10,13-14,19,23,31H,5,11-12,15-16H2,1-4H3/t19-,23+/m0/s1. The maximum atomic E-state index is 13.4. The van der Waals surface area contributed by atoms with E-state index in [2.05, 4.69) is 32.3 Å². The Morgan fingerprint density at radius 2 is 1.97 bits per heavy atom. The molecule has 0 saturated carbocycles. The fourth-order valence-electron chi connectivity index (χ4n) is 4.54. The molecule has 2 atom stereocenters. The molecule has 0 aromatic heterocycles. The minimum atomic E-state index is -3.62. The number of phenols is 1. The van der Waals surface area contributed by atoms with E-state index < -0.39 is 10.0 Å². The molecule has 1 fully saturated rings. The summed E-state index contributed by atoms with van der Waals surface area (Å²) in [6, 6.07) is 13.2. The third kappa shape index (κ3) is 6.05. The SMILES string of the molecule is CCc1cc(C(=O)CN2C[C@H](CCOC)[C@@H](c3ccccc3)C2=NBr)cc(N(C)S(C)(=O)=O)c1O. The number of amidine groups is 1. The average Bonchev–Trinajstić information content (AvgIpc) is 3.19. The van der Waals surface area contributed by atoms with Gasteiger partial charge in [-0.05, 0) is 42.0 Å². The lowest BCUT2D eigenvalue weighted by molar-refractivity contribution is 0.0962. The molecule has 1 aliphatic rings. The third-order valence-electron chi connectivity index (χ3n) is 6.51. The van der Waals surface area contributed by atoms with Crippen LogP contribution in [0.2, 0.25) is 0 Å². The fraction of sp³-hybridized carbons (Fsp3) is 0.440. The maximum Gasteiger partial charge on any atom is 0.232 e. The van der Waals surface area contributed by atoms with Gasteiger partial charge in [0.05, 0.1) is 34.6 Å². The molecule has 2 aromatic rings. The van der Waals surface area contributed by atoms with Crippen molar-refractivity contribution in [2.24, 2.45) is 9.94 Å². The summed E-state index contributed by atoms with van der Waals surface area (Å²) in [7, 11) is -0.585. The van der Waals surface area contributed by atoms with Gasteiger partial charge in [0.25, 0.3) is 0 Å². The first-order chi connectivity index (χ1) is 16.6. The first-order valence-electron chi connectivity index (χ1n) is 11.4. The van der Waals surface area contributed by atoms with Crippen molar-refractivity contribution < 1.29 is 23.1 Å². The number of rotatable bonds is 10. The maximum absolute atomic E-state index is 13.4. The molecule has 0 spiro atoms. The van der Waals surface area contributed by atoms with E-state index in [-0.39, 0.29) is 35.6 Å². The van der Waals surface area contributed by atoms with Crippen molar-refractivity contribution in [3.63, 3.8) is 0 Å².